The quantitative estimate of drug-likeness (QED) is 0.721. The number of nitrogens with zero attached hydrogens (tertiary/aromatic N) is 2. The molecule has 3 heterocycles. The number of carbonyl (C=O) groups is 1. The van der Waals surface area contributed by atoms with Crippen LogP contribution < -0.4 is 4.74 Å². The molecule has 2 aliphatic carbocycles. The normalized spacial score (nSPS) is 29.4. The maximum atomic E-state index is 12.4. The van der Waals surface area contributed by atoms with Gasteiger partial charge in [-0.1, -0.05) is 18.2 Å². The summed E-state index contributed by atoms with van der Waals surface area (Å²) >= 11 is 0. The lowest BCUT2D eigenvalue weighted by molar-refractivity contribution is -0.161. The molecule has 5 heteroatoms. The Morgan fingerprint density at radius 1 is 1.03 bits per heavy atom. The van der Waals surface area contributed by atoms with Crippen LogP contribution in [0.3, 0.4) is 0 Å². The van der Waals surface area contributed by atoms with Gasteiger partial charge < -0.3 is 19.3 Å². The first-order valence-electron chi connectivity index (χ1n) is 12.6. The average molecular weight is 425 g/mol. The molecular formula is C26H36N2O3. The van der Waals surface area contributed by atoms with Crippen LogP contribution in [-0.4, -0.2) is 67.2 Å². The minimum Gasteiger partial charge on any atom is -0.490 e. The number of para-hydroxylation sites is 1. The van der Waals surface area contributed by atoms with Crippen molar-refractivity contribution in [2.24, 2.45) is 11.3 Å². The first-order chi connectivity index (χ1) is 15.2. The Balaban J connectivity index is 1.01. The third-order valence-electron chi connectivity index (χ3n) is 8.78. The molecule has 168 valence electrons. The molecule has 1 unspecified atom stereocenters. The molecule has 1 amide bonds. The van der Waals surface area contributed by atoms with Gasteiger partial charge >= 0.3 is 0 Å². The van der Waals surface area contributed by atoms with Gasteiger partial charge in [0.2, 0.25) is 5.91 Å². The molecule has 3 aliphatic heterocycles. The number of hydrogen-bond donors (Lipinski definition) is 0. The van der Waals surface area contributed by atoms with Crippen LogP contribution in [0.5, 0.6) is 5.75 Å². The molecule has 31 heavy (non-hydrogen) atoms. The van der Waals surface area contributed by atoms with Gasteiger partial charge in [-0.25, -0.2) is 0 Å². The predicted molar refractivity (Wildman–Crippen MR) is 119 cm³/mol. The third kappa shape index (κ3) is 3.78. The Bertz CT molecular complexity index is 805. The van der Waals surface area contributed by atoms with Crippen molar-refractivity contribution in [2.45, 2.75) is 69.4 Å². The molecule has 2 saturated carbocycles. The number of amides is 1. The molecule has 5 fully saturated rings. The monoisotopic (exact) mass is 424 g/mol. The summed E-state index contributed by atoms with van der Waals surface area (Å²) in [6.07, 6.45) is 10.5. The number of piperidine rings is 1. The van der Waals surface area contributed by atoms with E-state index in [-0.39, 0.29) is 5.92 Å². The predicted octanol–water partition coefficient (Wildman–Crippen LogP) is 3.82. The second-order valence-corrected chi connectivity index (χ2v) is 10.8. The minimum atomic E-state index is 0.143. The van der Waals surface area contributed by atoms with Gasteiger partial charge in [-0.15, -0.1) is 0 Å². The second kappa shape index (κ2) is 8.08. The molecule has 1 aromatic rings. The molecule has 0 radical (unpaired) electrons. The highest BCUT2D eigenvalue weighted by molar-refractivity contribution is 5.80. The van der Waals surface area contributed by atoms with E-state index >= 15 is 0 Å². The second-order valence-electron chi connectivity index (χ2n) is 10.8. The van der Waals surface area contributed by atoms with E-state index in [0.717, 1.165) is 18.8 Å². The number of hydrogen-bond acceptors (Lipinski definition) is 4. The van der Waals surface area contributed by atoms with Crippen molar-refractivity contribution in [3.8, 4) is 5.75 Å². The van der Waals surface area contributed by atoms with Gasteiger partial charge in [0, 0.05) is 24.5 Å². The number of benzene rings is 1. The molecule has 6 rings (SSSR count). The van der Waals surface area contributed by atoms with Gasteiger partial charge in [0.25, 0.3) is 0 Å². The average Bonchev–Trinajstić information content (AvgIpc) is 3.15. The molecule has 0 N–H and O–H groups in total. The van der Waals surface area contributed by atoms with E-state index in [1.54, 1.807) is 0 Å². The highest BCUT2D eigenvalue weighted by atomic mass is 16.5. The lowest BCUT2D eigenvalue weighted by Crippen LogP contribution is -2.61. The zero-order valence-corrected chi connectivity index (χ0v) is 18.6. The summed E-state index contributed by atoms with van der Waals surface area (Å²) in [7, 11) is 0. The molecular weight excluding hydrogens is 388 g/mol. The van der Waals surface area contributed by atoms with Crippen LogP contribution in [0, 0.1) is 11.3 Å². The SMILES string of the molecule is O=C(C1COC1)N1CC2(CCC(N3CCC(c4ccccc4OC4CCC4)CC3)C2)C1. The molecule has 0 bridgehead atoms. The van der Waals surface area contributed by atoms with E-state index in [4.69, 9.17) is 9.47 Å². The number of likely N-dealkylation sites (tertiary alicyclic amines) is 2. The minimum absolute atomic E-state index is 0.143. The largest absolute Gasteiger partial charge is 0.490 e. The third-order valence-corrected chi connectivity index (χ3v) is 8.78. The van der Waals surface area contributed by atoms with Crippen LogP contribution in [-0.2, 0) is 9.53 Å². The van der Waals surface area contributed by atoms with Gasteiger partial charge in [0.05, 0.1) is 25.2 Å². The van der Waals surface area contributed by atoms with E-state index < -0.39 is 0 Å². The Morgan fingerprint density at radius 3 is 2.48 bits per heavy atom. The Labute approximate surface area is 186 Å². The van der Waals surface area contributed by atoms with Crippen molar-refractivity contribution >= 4 is 5.91 Å². The summed E-state index contributed by atoms with van der Waals surface area (Å²) in [5.74, 6) is 2.25. The van der Waals surface area contributed by atoms with Gasteiger partial charge in [0.1, 0.15) is 5.75 Å². The van der Waals surface area contributed by atoms with E-state index in [1.165, 1.54) is 70.0 Å². The first-order valence-corrected chi connectivity index (χ1v) is 12.6. The standard InChI is InChI=1S/C26H36N2O3/c29-25(20-15-30-16-20)28-17-26(18-28)11-8-21(14-26)27-12-9-19(10-13-27)23-6-1-2-7-24(23)31-22-4-3-5-22/h1-2,6-7,19-22H,3-5,8-18H2. The number of ether oxygens (including phenoxy) is 2. The van der Waals surface area contributed by atoms with Crippen molar-refractivity contribution in [2.75, 3.05) is 39.4 Å². The lowest BCUT2D eigenvalue weighted by Gasteiger charge is -2.50. The van der Waals surface area contributed by atoms with Crippen LogP contribution in [0.2, 0.25) is 0 Å². The fourth-order valence-corrected chi connectivity index (χ4v) is 6.50. The van der Waals surface area contributed by atoms with Crippen molar-refractivity contribution in [1.29, 1.82) is 0 Å². The Kier molecular flexibility index (Phi) is 5.22. The number of rotatable bonds is 5. The Hall–Kier alpha value is -1.59. The van der Waals surface area contributed by atoms with E-state index in [0.29, 0.717) is 42.6 Å². The molecule has 1 aromatic carbocycles. The fourth-order valence-electron chi connectivity index (χ4n) is 6.50. The molecule has 5 aliphatic rings. The van der Waals surface area contributed by atoms with E-state index in [2.05, 4.69) is 34.1 Å². The van der Waals surface area contributed by atoms with Crippen LogP contribution >= 0.6 is 0 Å². The van der Waals surface area contributed by atoms with Crippen LogP contribution in [0.1, 0.15) is 62.8 Å². The molecule has 1 spiro atoms. The maximum Gasteiger partial charge on any atom is 0.230 e. The van der Waals surface area contributed by atoms with Gasteiger partial charge in [-0.3, -0.25) is 4.79 Å². The van der Waals surface area contributed by atoms with Crippen LogP contribution in [0.15, 0.2) is 24.3 Å². The lowest BCUT2D eigenvalue weighted by atomic mass is 9.77. The molecule has 0 aromatic heterocycles. The zero-order chi connectivity index (χ0) is 20.8. The maximum absolute atomic E-state index is 12.4. The number of carbonyl (C=O) groups excluding carboxylic acids is 1. The summed E-state index contributed by atoms with van der Waals surface area (Å²) in [5, 5.41) is 0. The van der Waals surface area contributed by atoms with Gasteiger partial charge in [-0.05, 0) is 82.0 Å². The summed E-state index contributed by atoms with van der Waals surface area (Å²) in [5.41, 5.74) is 1.84. The van der Waals surface area contributed by atoms with Gasteiger partial charge in [0.15, 0.2) is 0 Å². The smallest absolute Gasteiger partial charge is 0.230 e. The summed E-state index contributed by atoms with van der Waals surface area (Å²) < 4.78 is 11.5. The fraction of sp³-hybridized carbons (Fsp3) is 0.731. The topological polar surface area (TPSA) is 42.0 Å². The van der Waals surface area contributed by atoms with Crippen molar-refractivity contribution in [3.05, 3.63) is 29.8 Å². The van der Waals surface area contributed by atoms with Crippen molar-refractivity contribution < 1.29 is 14.3 Å². The molecule has 3 saturated heterocycles. The van der Waals surface area contributed by atoms with E-state index in [1.807, 2.05) is 0 Å². The summed E-state index contributed by atoms with van der Waals surface area (Å²) in [6.45, 7) is 5.64. The Morgan fingerprint density at radius 2 is 1.81 bits per heavy atom. The zero-order valence-electron chi connectivity index (χ0n) is 18.6. The summed E-state index contributed by atoms with van der Waals surface area (Å²) in [4.78, 5) is 17.3. The van der Waals surface area contributed by atoms with Crippen molar-refractivity contribution in [1.82, 2.24) is 9.80 Å². The molecule has 5 nitrogen and oxygen atoms in total. The van der Waals surface area contributed by atoms with E-state index in [9.17, 15) is 4.79 Å². The van der Waals surface area contributed by atoms with Crippen LogP contribution in [0.25, 0.3) is 0 Å². The van der Waals surface area contributed by atoms with Crippen molar-refractivity contribution in [3.63, 3.8) is 0 Å². The highest BCUT2D eigenvalue weighted by Crippen LogP contribution is 2.48. The first kappa shape index (κ1) is 20.0. The highest BCUT2D eigenvalue weighted by Gasteiger charge is 2.52. The van der Waals surface area contributed by atoms with Crippen LogP contribution in [0.4, 0.5) is 0 Å². The van der Waals surface area contributed by atoms with Gasteiger partial charge in [-0.2, -0.15) is 0 Å². The molecule has 1 atom stereocenters. The summed E-state index contributed by atoms with van der Waals surface area (Å²) in [6, 6.07) is 9.49.